The number of rotatable bonds is 7. The van der Waals surface area contributed by atoms with Crippen LogP contribution in [-0.2, 0) is 0 Å². The van der Waals surface area contributed by atoms with Crippen molar-refractivity contribution in [3.8, 4) is 0 Å². The normalized spacial score (nSPS) is 13.1. The predicted molar refractivity (Wildman–Crippen MR) is 83.4 cm³/mol. The highest BCUT2D eigenvalue weighted by atomic mass is 15.2. The molecule has 2 N–H and O–H groups in total. The standard InChI is InChI=1S/C16H29N3/c1-6-14(7-2)19(11-12(3)4)15-8-9-16(13(5)17)18-10-15/h8-10,12-14H,6-7,11,17H2,1-5H3. The van der Waals surface area contributed by atoms with Crippen molar-refractivity contribution in [1.82, 2.24) is 4.98 Å². The van der Waals surface area contributed by atoms with Gasteiger partial charge in [-0.05, 0) is 37.8 Å². The third-order valence-electron chi connectivity index (χ3n) is 3.51. The second-order valence-electron chi connectivity index (χ2n) is 5.75. The average molecular weight is 263 g/mol. The lowest BCUT2D eigenvalue weighted by Crippen LogP contribution is -2.37. The van der Waals surface area contributed by atoms with E-state index < -0.39 is 0 Å². The van der Waals surface area contributed by atoms with Gasteiger partial charge in [0.15, 0.2) is 0 Å². The van der Waals surface area contributed by atoms with Gasteiger partial charge in [-0.15, -0.1) is 0 Å². The summed E-state index contributed by atoms with van der Waals surface area (Å²) in [5, 5.41) is 0. The van der Waals surface area contributed by atoms with E-state index in [1.165, 1.54) is 5.69 Å². The second kappa shape index (κ2) is 7.49. The lowest BCUT2D eigenvalue weighted by atomic mass is 10.1. The minimum Gasteiger partial charge on any atom is -0.367 e. The van der Waals surface area contributed by atoms with E-state index in [0.717, 1.165) is 25.1 Å². The maximum absolute atomic E-state index is 5.86. The van der Waals surface area contributed by atoms with E-state index in [9.17, 15) is 0 Å². The molecule has 1 heterocycles. The number of nitrogens with zero attached hydrogens (tertiary/aromatic N) is 2. The van der Waals surface area contributed by atoms with E-state index in [-0.39, 0.29) is 6.04 Å². The molecule has 0 saturated heterocycles. The molecule has 0 aliphatic heterocycles. The Morgan fingerprint density at radius 3 is 2.16 bits per heavy atom. The fourth-order valence-electron chi connectivity index (χ4n) is 2.42. The molecular weight excluding hydrogens is 234 g/mol. The topological polar surface area (TPSA) is 42.1 Å². The van der Waals surface area contributed by atoms with Crippen molar-refractivity contribution in [3.05, 3.63) is 24.0 Å². The van der Waals surface area contributed by atoms with Crippen molar-refractivity contribution in [2.45, 2.75) is 59.5 Å². The summed E-state index contributed by atoms with van der Waals surface area (Å²) < 4.78 is 0. The molecule has 0 aliphatic rings. The third kappa shape index (κ3) is 4.50. The molecule has 0 radical (unpaired) electrons. The van der Waals surface area contributed by atoms with Crippen LogP contribution in [0.4, 0.5) is 5.69 Å². The van der Waals surface area contributed by atoms with Crippen LogP contribution in [0.1, 0.15) is 59.2 Å². The molecule has 0 amide bonds. The molecule has 0 fully saturated rings. The van der Waals surface area contributed by atoms with Gasteiger partial charge in [0, 0.05) is 18.6 Å². The summed E-state index contributed by atoms with van der Waals surface area (Å²) in [7, 11) is 0. The molecule has 108 valence electrons. The number of pyridine rings is 1. The molecule has 1 aromatic heterocycles. The first-order valence-corrected chi connectivity index (χ1v) is 7.47. The summed E-state index contributed by atoms with van der Waals surface area (Å²) in [6.07, 6.45) is 4.30. The quantitative estimate of drug-likeness (QED) is 0.814. The first kappa shape index (κ1) is 16.0. The van der Waals surface area contributed by atoms with E-state index in [4.69, 9.17) is 5.73 Å². The molecule has 0 aromatic carbocycles. The van der Waals surface area contributed by atoms with Gasteiger partial charge in [-0.1, -0.05) is 27.7 Å². The van der Waals surface area contributed by atoms with Gasteiger partial charge in [-0.3, -0.25) is 4.98 Å². The Labute approximate surface area is 118 Å². The van der Waals surface area contributed by atoms with Crippen LogP contribution in [0.3, 0.4) is 0 Å². The summed E-state index contributed by atoms with van der Waals surface area (Å²) in [6, 6.07) is 4.80. The fourth-order valence-corrected chi connectivity index (χ4v) is 2.42. The number of hydrogen-bond acceptors (Lipinski definition) is 3. The van der Waals surface area contributed by atoms with Crippen LogP contribution < -0.4 is 10.6 Å². The highest BCUT2D eigenvalue weighted by Gasteiger charge is 2.17. The zero-order chi connectivity index (χ0) is 14.4. The Bertz CT molecular complexity index is 353. The number of aromatic nitrogens is 1. The van der Waals surface area contributed by atoms with Gasteiger partial charge in [-0.25, -0.2) is 0 Å². The lowest BCUT2D eigenvalue weighted by molar-refractivity contribution is 0.507. The third-order valence-corrected chi connectivity index (χ3v) is 3.51. The Kier molecular flexibility index (Phi) is 6.29. The van der Waals surface area contributed by atoms with Gasteiger partial charge in [0.25, 0.3) is 0 Å². The van der Waals surface area contributed by atoms with Crippen LogP contribution >= 0.6 is 0 Å². The van der Waals surface area contributed by atoms with E-state index >= 15 is 0 Å². The first-order valence-electron chi connectivity index (χ1n) is 7.47. The van der Waals surface area contributed by atoms with Crippen LogP contribution in [-0.4, -0.2) is 17.6 Å². The van der Waals surface area contributed by atoms with Crippen molar-refractivity contribution in [2.75, 3.05) is 11.4 Å². The van der Waals surface area contributed by atoms with Gasteiger partial charge in [0.1, 0.15) is 0 Å². The van der Waals surface area contributed by atoms with E-state index in [1.807, 2.05) is 13.1 Å². The molecule has 3 nitrogen and oxygen atoms in total. The minimum atomic E-state index is 0.000691. The molecule has 1 aromatic rings. The second-order valence-corrected chi connectivity index (χ2v) is 5.75. The number of hydrogen-bond donors (Lipinski definition) is 1. The fraction of sp³-hybridized carbons (Fsp3) is 0.688. The zero-order valence-corrected chi connectivity index (χ0v) is 13.1. The summed E-state index contributed by atoms with van der Waals surface area (Å²) in [6.45, 7) is 12.1. The van der Waals surface area contributed by atoms with Crippen LogP contribution in [0.15, 0.2) is 18.3 Å². The van der Waals surface area contributed by atoms with Crippen molar-refractivity contribution in [2.24, 2.45) is 11.7 Å². The summed E-state index contributed by atoms with van der Waals surface area (Å²) in [4.78, 5) is 6.98. The molecule has 1 rings (SSSR count). The molecular formula is C16H29N3. The molecule has 1 unspecified atom stereocenters. The first-order chi connectivity index (χ1) is 8.99. The highest BCUT2D eigenvalue weighted by molar-refractivity contribution is 5.46. The molecule has 3 heteroatoms. The zero-order valence-electron chi connectivity index (χ0n) is 13.1. The van der Waals surface area contributed by atoms with Crippen LogP contribution in [0, 0.1) is 5.92 Å². The van der Waals surface area contributed by atoms with Crippen molar-refractivity contribution >= 4 is 5.69 Å². The number of anilines is 1. The van der Waals surface area contributed by atoms with Crippen LogP contribution in [0.25, 0.3) is 0 Å². The van der Waals surface area contributed by atoms with E-state index in [0.29, 0.717) is 12.0 Å². The maximum Gasteiger partial charge on any atom is 0.0569 e. The molecule has 19 heavy (non-hydrogen) atoms. The molecule has 0 bridgehead atoms. The van der Waals surface area contributed by atoms with Crippen molar-refractivity contribution in [1.29, 1.82) is 0 Å². The Balaban J connectivity index is 2.96. The Morgan fingerprint density at radius 1 is 1.16 bits per heavy atom. The predicted octanol–water partition coefficient (Wildman–Crippen LogP) is 3.75. The van der Waals surface area contributed by atoms with Gasteiger partial charge in [-0.2, -0.15) is 0 Å². The van der Waals surface area contributed by atoms with Crippen molar-refractivity contribution in [3.63, 3.8) is 0 Å². The van der Waals surface area contributed by atoms with Gasteiger partial charge >= 0.3 is 0 Å². The Morgan fingerprint density at radius 2 is 1.79 bits per heavy atom. The molecule has 0 saturated carbocycles. The van der Waals surface area contributed by atoms with Crippen LogP contribution in [0.5, 0.6) is 0 Å². The van der Waals surface area contributed by atoms with Crippen molar-refractivity contribution < 1.29 is 0 Å². The van der Waals surface area contributed by atoms with Gasteiger partial charge < -0.3 is 10.6 Å². The molecule has 1 atom stereocenters. The Hall–Kier alpha value is -1.09. The van der Waals surface area contributed by atoms with Gasteiger partial charge in [0.05, 0.1) is 17.6 Å². The monoisotopic (exact) mass is 263 g/mol. The molecule has 0 aliphatic carbocycles. The van der Waals surface area contributed by atoms with E-state index in [1.54, 1.807) is 0 Å². The SMILES string of the molecule is CCC(CC)N(CC(C)C)c1ccc(C(C)N)nc1. The lowest BCUT2D eigenvalue weighted by Gasteiger charge is -2.34. The smallest absolute Gasteiger partial charge is 0.0569 e. The molecule has 0 spiro atoms. The van der Waals surface area contributed by atoms with Crippen LogP contribution in [0.2, 0.25) is 0 Å². The highest BCUT2D eigenvalue weighted by Crippen LogP contribution is 2.22. The summed E-state index contributed by atoms with van der Waals surface area (Å²) >= 11 is 0. The summed E-state index contributed by atoms with van der Waals surface area (Å²) in [5.41, 5.74) is 8.03. The maximum atomic E-state index is 5.86. The van der Waals surface area contributed by atoms with E-state index in [2.05, 4.69) is 49.7 Å². The summed E-state index contributed by atoms with van der Waals surface area (Å²) in [5.74, 6) is 0.647. The number of nitrogens with two attached hydrogens (primary N) is 1. The average Bonchev–Trinajstić information content (AvgIpc) is 2.38. The minimum absolute atomic E-state index is 0.000691. The van der Waals surface area contributed by atoms with Gasteiger partial charge in [0.2, 0.25) is 0 Å². The largest absolute Gasteiger partial charge is 0.367 e.